The van der Waals surface area contributed by atoms with Crippen LogP contribution in [0.2, 0.25) is 0 Å². The molecule has 4 nitrogen and oxygen atoms in total. The quantitative estimate of drug-likeness (QED) is 0.833. The van der Waals surface area contributed by atoms with Crippen LogP contribution in [-0.4, -0.2) is 26.0 Å². The number of aryl methyl sites for hydroxylation is 1. The lowest BCUT2D eigenvalue weighted by Gasteiger charge is -2.13. The summed E-state index contributed by atoms with van der Waals surface area (Å²) < 4.78 is 40.2. The van der Waals surface area contributed by atoms with Gasteiger partial charge in [0.15, 0.2) is 0 Å². The molecule has 0 saturated carbocycles. The van der Waals surface area contributed by atoms with Gasteiger partial charge in [-0.05, 0) is 43.2 Å². The van der Waals surface area contributed by atoms with Crippen molar-refractivity contribution in [3.05, 3.63) is 23.5 Å². The number of nitrogen functional groups attached to an aromatic ring is 1. The lowest BCUT2D eigenvalue weighted by atomic mass is 10.2. The van der Waals surface area contributed by atoms with E-state index in [1.54, 1.807) is 18.7 Å². The maximum absolute atomic E-state index is 13.2. The van der Waals surface area contributed by atoms with Crippen molar-refractivity contribution in [2.75, 3.05) is 18.0 Å². The summed E-state index contributed by atoms with van der Waals surface area (Å²) in [5, 5.41) is 0.327. The second kappa shape index (κ2) is 5.68. The minimum absolute atomic E-state index is 0.0504. The number of rotatable bonds is 4. The third-order valence-electron chi connectivity index (χ3n) is 3.11. The fourth-order valence-corrected chi connectivity index (χ4v) is 4.69. The van der Waals surface area contributed by atoms with E-state index in [1.165, 1.54) is 6.07 Å². The lowest BCUT2D eigenvalue weighted by molar-refractivity contribution is 0.577. The van der Waals surface area contributed by atoms with Gasteiger partial charge in [0.05, 0.1) is 10.6 Å². The Morgan fingerprint density at radius 2 is 2.26 bits per heavy atom. The first-order valence-electron chi connectivity index (χ1n) is 6.07. The van der Waals surface area contributed by atoms with Gasteiger partial charge in [-0.2, -0.15) is 11.8 Å². The molecule has 1 aliphatic rings. The smallest absolute Gasteiger partial charge is 0.240 e. The van der Waals surface area contributed by atoms with E-state index >= 15 is 0 Å². The van der Waals surface area contributed by atoms with Crippen LogP contribution in [0.1, 0.15) is 18.4 Å². The molecule has 0 spiro atoms. The number of nitrogens with two attached hydrogens (primary N) is 1. The lowest BCUT2D eigenvalue weighted by Crippen LogP contribution is -2.30. The number of nitrogens with one attached hydrogen (secondary N) is 1. The number of anilines is 1. The minimum Gasteiger partial charge on any atom is -0.396 e. The molecule has 1 heterocycles. The van der Waals surface area contributed by atoms with E-state index in [2.05, 4.69) is 4.72 Å². The Morgan fingerprint density at radius 1 is 1.53 bits per heavy atom. The number of halogens is 1. The van der Waals surface area contributed by atoms with Gasteiger partial charge in [-0.3, -0.25) is 0 Å². The van der Waals surface area contributed by atoms with E-state index in [1.807, 2.05) is 0 Å². The average molecular weight is 304 g/mol. The van der Waals surface area contributed by atoms with Crippen molar-refractivity contribution in [3.8, 4) is 0 Å². The summed E-state index contributed by atoms with van der Waals surface area (Å²) in [4.78, 5) is 0.0504. The zero-order valence-corrected chi connectivity index (χ0v) is 12.3. The number of thioether (sulfide) groups is 1. The van der Waals surface area contributed by atoms with Gasteiger partial charge in [-0.15, -0.1) is 0 Å². The molecule has 1 aromatic carbocycles. The van der Waals surface area contributed by atoms with Crippen LogP contribution in [0.4, 0.5) is 10.1 Å². The molecule has 0 radical (unpaired) electrons. The topological polar surface area (TPSA) is 72.2 Å². The Hall–Kier alpha value is -0.790. The van der Waals surface area contributed by atoms with Crippen LogP contribution in [-0.2, 0) is 10.0 Å². The molecule has 1 atom stereocenters. The molecule has 7 heteroatoms. The molecule has 1 unspecified atom stereocenters. The number of sulfonamides is 1. The van der Waals surface area contributed by atoms with Gasteiger partial charge in [0.1, 0.15) is 5.82 Å². The molecule has 1 aromatic rings. The van der Waals surface area contributed by atoms with E-state index in [0.717, 1.165) is 24.7 Å². The fraction of sp³-hybridized carbons (Fsp3) is 0.500. The Bertz CT molecular complexity index is 569. The first kappa shape index (κ1) is 14.6. The molecule has 106 valence electrons. The van der Waals surface area contributed by atoms with Gasteiger partial charge in [0.2, 0.25) is 10.0 Å². The van der Waals surface area contributed by atoms with Crippen molar-refractivity contribution in [3.63, 3.8) is 0 Å². The first-order valence-corrected chi connectivity index (χ1v) is 8.60. The first-order chi connectivity index (χ1) is 8.90. The van der Waals surface area contributed by atoms with E-state index in [-0.39, 0.29) is 10.6 Å². The summed E-state index contributed by atoms with van der Waals surface area (Å²) in [6.45, 7) is 1.96. The zero-order chi connectivity index (χ0) is 14.0. The molecule has 1 aliphatic heterocycles. The van der Waals surface area contributed by atoms with Gasteiger partial charge in [-0.1, -0.05) is 0 Å². The highest BCUT2D eigenvalue weighted by Crippen LogP contribution is 2.26. The minimum atomic E-state index is -3.63. The summed E-state index contributed by atoms with van der Waals surface area (Å²) in [7, 11) is -3.63. The summed E-state index contributed by atoms with van der Waals surface area (Å²) >= 11 is 1.78. The molecule has 0 aliphatic carbocycles. The second-order valence-electron chi connectivity index (χ2n) is 4.63. The Kier molecular flexibility index (Phi) is 4.37. The normalized spacial score (nSPS) is 19.8. The highest BCUT2D eigenvalue weighted by atomic mass is 32.2. The molecule has 2 rings (SSSR count). The third kappa shape index (κ3) is 3.40. The van der Waals surface area contributed by atoms with Crippen LogP contribution in [0.15, 0.2) is 17.0 Å². The van der Waals surface area contributed by atoms with E-state index in [9.17, 15) is 12.8 Å². The summed E-state index contributed by atoms with van der Waals surface area (Å²) in [5.41, 5.74) is 5.64. The maximum atomic E-state index is 13.2. The number of hydrogen-bond acceptors (Lipinski definition) is 4. The predicted molar refractivity (Wildman–Crippen MR) is 76.2 cm³/mol. The van der Waals surface area contributed by atoms with Gasteiger partial charge >= 0.3 is 0 Å². The third-order valence-corrected chi connectivity index (χ3v) is 6.07. The summed E-state index contributed by atoms with van der Waals surface area (Å²) in [5.74, 6) is 0.484. The van der Waals surface area contributed by atoms with Crippen LogP contribution in [0.5, 0.6) is 0 Å². The molecular formula is C12H17FN2O2S2. The molecular weight excluding hydrogens is 287 g/mol. The van der Waals surface area contributed by atoms with Crippen LogP contribution < -0.4 is 10.5 Å². The van der Waals surface area contributed by atoms with Crippen molar-refractivity contribution in [2.24, 2.45) is 0 Å². The Labute approximate surface area is 117 Å². The average Bonchev–Trinajstić information content (AvgIpc) is 2.84. The number of hydrogen-bond donors (Lipinski definition) is 2. The molecule has 3 N–H and O–H groups in total. The molecule has 1 fully saturated rings. The van der Waals surface area contributed by atoms with Crippen LogP contribution in [0, 0.1) is 12.7 Å². The van der Waals surface area contributed by atoms with Crippen LogP contribution >= 0.6 is 11.8 Å². The van der Waals surface area contributed by atoms with Crippen LogP contribution in [0.25, 0.3) is 0 Å². The van der Waals surface area contributed by atoms with Gasteiger partial charge in [-0.25, -0.2) is 17.5 Å². The van der Waals surface area contributed by atoms with Gasteiger partial charge < -0.3 is 5.73 Å². The summed E-state index contributed by atoms with van der Waals surface area (Å²) in [6.07, 6.45) is 2.15. The molecule has 0 aromatic heterocycles. The SMILES string of the molecule is Cc1cc(F)c(N)cc1S(=O)(=O)NCC1CCCS1. The summed E-state index contributed by atoms with van der Waals surface area (Å²) in [6, 6.07) is 2.32. The largest absolute Gasteiger partial charge is 0.396 e. The van der Waals surface area contributed by atoms with Gasteiger partial charge in [0, 0.05) is 11.8 Å². The van der Waals surface area contributed by atoms with Gasteiger partial charge in [0.25, 0.3) is 0 Å². The van der Waals surface area contributed by atoms with E-state index in [0.29, 0.717) is 17.4 Å². The number of benzene rings is 1. The Morgan fingerprint density at radius 3 is 2.89 bits per heavy atom. The van der Waals surface area contributed by atoms with Crippen molar-refractivity contribution in [1.82, 2.24) is 4.72 Å². The molecule has 0 bridgehead atoms. The van der Waals surface area contributed by atoms with Crippen molar-refractivity contribution < 1.29 is 12.8 Å². The zero-order valence-electron chi connectivity index (χ0n) is 10.6. The van der Waals surface area contributed by atoms with Crippen molar-refractivity contribution >= 4 is 27.5 Å². The molecule has 19 heavy (non-hydrogen) atoms. The van der Waals surface area contributed by atoms with E-state index < -0.39 is 15.8 Å². The standard InChI is InChI=1S/C12H17FN2O2S2/c1-8-5-10(13)11(14)6-12(8)19(16,17)15-7-9-3-2-4-18-9/h5-6,9,15H,2-4,7,14H2,1H3. The highest BCUT2D eigenvalue weighted by Gasteiger charge is 2.22. The van der Waals surface area contributed by atoms with Crippen molar-refractivity contribution in [2.45, 2.75) is 29.9 Å². The molecule has 0 amide bonds. The second-order valence-corrected chi connectivity index (χ2v) is 7.77. The monoisotopic (exact) mass is 304 g/mol. The van der Waals surface area contributed by atoms with Crippen molar-refractivity contribution in [1.29, 1.82) is 0 Å². The maximum Gasteiger partial charge on any atom is 0.240 e. The Balaban J connectivity index is 2.16. The van der Waals surface area contributed by atoms with Crippen LogP contribution in [0.3, 0.4) is 0 Å². The predicted octanol–water partition coefficient (Wildman–Crippen LogP) is 1.89. The highest BCUT2D eigenvalue weighted by molar-refractivity contribution is 8.00. The van der Waals surface area contributed by atoms with E-state index in [4.69, 9.17) is 5.73 Å². The fourth-order valence-electron chi connectivity index (χ4n) is 2.04. The molecule has 1 saturated heterocycles.